The normalized spacial score (nSPS) is 11.8. The average molecular weight is 270 g/mol. The Morgan fingerprint density at radius 2 is 1.70 bits per heavy atom. The van der Waals surface area contributed by atoms with E-state index in [1.54, 1.807) is 14.2 Å². The second-order valence-corrected chi connectivity index (χ2v) is 4.55. The summed E-state index contributed by atoms with van der Waals surface area (Å²) in [5.41, 5.74) is 2.90. The molecule has 104 valence electrons. The van der Waals surface area contributed by atoms with Gasteiger partial charge >= 0.3 is 0 Å². The Kier molecular flexibility index (Phi) is 4.41. The van der Waals surface area contributed by atoms with Gasteiger partial charge in [-0.1, -0.05) is 43.3 Å². The minimum absolute atomic E-state index is 0.268. The van der Waals surface area contributed by atoms with Crippen LogP contribution in [0.5, 0.6) is 11.5 Å². The first-order valence-corrected chi connectivity index (χ1v) is 6.48. The highest BCUT2D eigenvalue weighted by Gasteiger charge is 2.20. The molecule has 0 N–H and O–H groups in total. The second kappa shape index (κ2) is 6.24. The lowest BCUT2D eigenvalue weighted by Crippen LogP contribution is -2.03. The van der Waals surface area contributed by atoms with Crippen molar-refractivity contribution in [3.8, 4) is 22.6 Å². The van der Waals surface area contributed by atoms with Crippen molar-refractivity contribution in [2.75, 3.05) is 14.2 Å². The van der Waals surface area contributed by atoms with Crippen molar-refractivity contribution in [1.82, 2.24) is 0 Å². The molecule has 1 atom stereocenters. The molecule has 0 aliphatic rings. The molecule has 1 unspecified atom stereocenters. The van der Waals surface area contributed by atoms with Gasteiger partial charge in [0.2, 0.25) is 0 Å². The monoisotopic (exact) mass is 270 g/mol. The number of hydrogen-bond donors (Lipinski definition) is 0. The maximum absolute atomic E-state index is 11.3. The van der Waals surface area contributed by atoms with E-state index in [2.05, 4.69) is 0 Å². The van der Waals surface area contributed by atoms with Crippen molar-refractivity contribution in [2.24, 2.45) is 0 Å². The minimum atomic E-state index is -0.268. The average Bonchev–Trinajstić information content (AvgIpc) is 2.53. The van der Waals surface area contributed by atoms with Crippen LogP contribution < -0.4 is 9.47 Å². The van der Waals surface area contributed by atoms with Crippen molar-refractivity contribution < 1.29 is 14.3 Å². The van der Waals surface area contributed by atoms with Gasteiger partial charge in [-0.05, 0) is 17.2 Å². The molecule has 0 amide bonds. The summed E-state index contributed by atoms with van der Waals surface area (Å²) in [6.07, 6.45) is 0.920. The molecule has 0 saturated carbocycles. The van der Waals surface area contributed by atoms with E-state index < -0.39 is 0 Å². The van der Waals surface area contributed by atoms with E-state index in [0.29, 0.717) is 11.5 Å². The van der Waals surface area contributed by atoms with Crippen LogP contribution in [0.3, 0.4) is 0 Å². The van der Waals surface area contributed by atoms with Gasteiger partial charge in [-0.15, -0.1) is 0 Å². The molecule has 3 nitrogen and oxygen atoms in total. The molecular formula is C17H18O3. The molecule has 0 aliphatic carbocycles. The van der Waals surface area contributed by atoms with Gasteiger partial charge in [0.15, 0.2) is 11.5 Å². The molecule has 2 rings (SSSR count). The fourth-order valence-electron chi connectivity index (χ4n) is 2.34. The number of hydrogen-bond acceptors (Lipinski definition) is 3. The van der Waals surface area contributed by atoms with E-state index in [1.807, 2.05) is 49.4 Å². The lowest BCUT2D eigenvalue weighted by atomic mass is 9.91. The molecule has 3 heteroatoms. The highest BCUT2D eigenvalue weighted by Crippen LogP contribution is 2.41. The van der Waals surface area contributed by atoms with Crippen LogP contribution in [0.1, 0.15) is 18.4 Å². The first-order chi connectivity index (χ1) is 9.72. The Labute approximate surface area is 119 Å². The molecule has 0 bridgehead atoms. The summed E-state index contributed by atoms with van der Waals surface area (Å²) in [6, 6.07) is 13.8. The third kappa shape index (κ3) is 2.52. The van der Waals surface area contributed by atoms with Gasteiger partial charge in [0, 0.05) is 11.5 Å². The Morgan fingerprint density at radius 3 is 2.25 bits per heavy atom. The van der Waals surface area contributed by atoms with Crippen molar-refractivity contribution >= 4 is 6.29 Å². The summed E-state index contributed by atoms with van der Waals surface area (Å²) in [5, 5.41) is 0. The fraction of sp³-hybridized carbons (Fsp3) is 0.235. The summed E-state index contributed by atoms with van der Waals surface area (Å²) in [4.78, 5) is 11.3. The zero-order chi connectivity index (χ0) is 14.5. The predicted molar refractivity (Wildman–Crippen MR) is 79.5 cm³/mol. The van der Waals surface area contributed by atoms with Crippen LogP contribution in [0, 0.1) is 0 Å². The highest BCUT2D eigenvalue weighted by atomic mass is 16.5. The Morgan fingerprint density at radius 1 is 1.00 bits per heavy atom. The SMILES string of the molecule is COc1ccc(-c2ccccc2)c(C(C)C=O)c1OC. The van der Waals surface area contributed by atoms with Gasteiger partial charge in [0.1, 0.15) is 6.29 Å². The quantitative estimate of drug-likeness (QED) is 0.778. The van der Waals surface area contributed by atoms with E-state index in [9.17, 15) is 4.79 Å². The van der Waals surface area contributed by atoms with E-state index in [-0.39, 0.29) is 5.92 Å². The van der Waals surface area contributed by atoms with Gasteiger partial charge < -0.3 is 14.3 Å². The number of benzene rings is 2. The van der Waals surface area contributed by atoms with E-state index in [0.717, 1.165) is 23.0 Å². The zero-order valence-corrected chi connectivity index (χ0v) is 11.9. The summed E-state index contributed by atoms with van der Waals surface area (Å²) < 4.78 is 10.8. The van der Waals surface area contributed by atoms with Crippen LogP contribution >= 0.6 is 0 Å². The van der Waals surface area contributed by atoms with Crippen molar-refractivity contribution in [3.05, 3.63) is 48.0 Å². The largest absolute Gasteiger partial charge is 0.493 e. The Hall–Kier alpha value is -2.29. The molecule has 0 fully saturated rings. The second-order valence-electron chi connectivity index (χ2n) is 4.55. The molecule has 0 aromatic heterocycles. The molecular weight excluding hydrogens is 252 g/mol. The third-order valence-electron chi connectivity index (χ3n) is 3.33. The van der Waals surface area contributed by atoms with Gasteiger partial charge in [0.25, 0.3) is 0 Å². The smallest absolute Gasteiger partial charge is 0.165 e. The molecule has 0 radical (unpaired) electrons. The van der Waals surface area contributed by atoms with Crippen LogP contribution in [0.25, 0.3) is 11.1 Å². The van der Waals surface area contributed by atoms with Gasteiger partial charge in [-0.2, -0.15) is 0 Å². The molecule has 0 saturated heterocycles. The number of aldehydes is 1. The van der Waals surface area contributed by atoms with Crippen LogP contribution in [0.4, 0.5) is 0 Å². The number of ether oxygens (including phenoxy) is 2. The number of methoxy groups -OCH3 is 2. The minimum Gasteiger partial charge on any atom is -0.493 e. The van der Waals surface area contributed by atoms with E-state index in [1.165, 1.54) is 0 Å². The van der Waals surface area contributed by atoms with Gasteiger partial charge in [0.05, 0.1) is 14.2 Å². The summed E-state index contributed by atoms with van der Waals surface area (Å²) >= 11 is 0. The van der Waals surface area contributed by atoms with E-state index in [4.69, 9.17) is 9.47 Å². The van der Waals surface area contributed by atoms with Crippen LogP contribution in [0.2, 0.25) is 0 Å². The molecule has 0 aliphatic heterocycles. The number of carbonyl (C=O) groups is 1. The Balaban J connectivity index is 2.71. The molecule has 2 aromatic carbocycles. The highest BCUT2D eigenvalue weighted by molar-refractivity contribution is 5.78. The standard InChI is InChI=1S/C17H18O3/c1-12(11-18)16-14(13-7-5-4-6-8-13)9-10-15(19-2)17(16)20-3/h4-12H,1-3H3. The Bertz CT molecular complexity index is 591. The van der Waals surface area contributed by atoms with Crippen molar-refractivity contribution in [1.29, 1.82) is 0 Å². The lowest BCUT2D eigenvalue weighted by Gasteiger charge is -2.19. The van der Waals surface area contributed by atoms with Crippen molar-refractivity contribution in [3.63, 3.8) is 0 Å². The summed E-state index contributed by atoms with van der Waals surface area (Å²) in [6.45, 7) is 1.86. The van der Waals surface area contributed by atoms with Crippen LogP contribution in [-0.2, 0) is 4.79 Å². The first kappa shape index (κ1) is 14.1. The first-order valence-electron chi connectivity index (χ1n) is 6.48. The predicted octanol–water partition coefficient (Wildman–Crippen LogP) is 3.67. The zero-order valence-electron chi connectivity index (χ0n) is 11.9. The maximum atomic E-state index is 11.3. The van der Waals surface area contributed by atoms with Gasteiger partial charge in [-0.25, -0.2) is 0 Å². The lowest BCUT2D eigenvalue weighted by molar-refractivity contribution is -0.108. The molecule has 2 aromatic rings. The number of rotatable bonds is 5. The van der Waals surface area contributed by atoms with Crippen molar-refractivity contribution in [2.45, 2.75) is 12.8 Å². The molecule has 20 heavy (non-hydrogen) atoms. The third-order valence-corrected chi connectivity index (χ3v) is 3.33. The summed E-state index contributed by atoms with van der Waals surface area (Å²) in [7, 11) is 3.18. The topological polar surface area (TPSA) is 35.5 Å². The molecule has 0 spiro atoms. The van der Waals surface area contributed by atoms with E-state index >= 15 is 0 Å². The fourth-order valence-corrected chi connectivity index (χ4v) is 2.34. The summed E-state index contributed by atoms with van der Waals surface area (Å²) in [5.74, 6) is 0.986. The van der Waals surface area contributed by atoms with Crippen LogP contribution in [-0.4, -0.2) is 20.5 Å². The van der Waals surface area contributed by atoms with Crippen LogP contribution in [0.15, 0.2) is 42.5 Å². The maximum Gasteiger partial charge on any atom is 0.165 e. The molecule has 0 heterocycles. The number of carbonyl (C=O) groups excluding carboxylic acids is 1. The van der Waals surface area contributed by atoms with Gasteiger partial charge in [-0.3, -0.25) is 0 Å².